The molecule has 0 saturated heterocycles. The number of hydrogen-bond acceptors (Lipinski definition) is 5. The lowest BCUT2D eigenvalue weighted by atomic mass is 10.2. The van der Waals surface area contributed by atoms with Gasteiger partial charge in [0.25, 0.3) is 5.22 Å². The molecule has 0 aliphatic heterocycles. The molecular weight excluding hydrogens is 226 g/mol. The maximum Gasteiger partial charge on any atom is 0.277 e. The Balaban J connectivity index is 2.11. The van der Waals surface area contributed by atoms with Crippen LogP contribution in [0.5, 0.6) is 0 Å². The van der Waals surface area contributed by atoms with E-state index < -0.39 is 5.91 Å². The topological polar surface area (TPSA) is 82.0 Å². The molecule has 2 rings (SSSR count). The van der Waals surface area contributed by atoms with Crippen LogP contribution in [0.3, 0.4) is 0 Å². The predicted molar refractivity (Wildman–Crippen MR) is 59.7 cm³/mol. The molecule has 0 atom stereocenters. The smallest absolute Gasteiger partial charge is 0.277 e. The summed E-state index contributed by atoms with van der Waals surface area (Å²) in [4.78, 5) is 10.6. The molecule has 0 unspecified atom stereocenters. The van der Waals surface area contributed by atoms with Gasteiger partial charge in [-0.2, -0.15) is 0 Å². The molecule has 0 radical (unpaired) electrons. The SMILES string of the molecule is NC(=O)CSc1nnc(-c2ccccc2)o1. The summed E-state index contributed by atoms with van der Waals surface area (Å²) in [7, 11) is 0. The number of carbonyl (C=O) groups excluding carboxylic acids is 1. The fourth-order valence-corrected chi connectivity index (χ4v) is 1.60. The summed E-state index contributed by atoms with van der Waals surface area (Å²) < 4.78 is 5.35. The Morgan fingerprint density at radius 3 is 2.75 bits per heavy atom. The van der Waals surface area contributed by atoms with Crippen LogP contribution in [-0.4, -0.2) is 21.9 Å². The number of thioether (sulfide) groups is 1. The molecule has 0 spiro atoms. The van der Waals surface area contributed by atoms with Crippen LogP contribution < -0.4 is 5.73 Å². The van der Waals surface area contributed by atoms with E-state index in [1.807, 2.05) is 30.3 Å². The highest BCUT2D eigenvalue weighted by molar-refractivity contribution is 7.99. The van der Waals surface area contributed by atoms with Crippen molar-refractivity contribution in [2.45, 2.75) is 5.22 Å². The standard InChI is InChI=1S/C10H9N3O2S/c11-8(14)6-16-10-13-12-9(15-10)7-4-2-1-3-5-7/h1-5H,6H2,(H2,11,14). The van der Waals surface area contributed by atoms with Crippen LogP contribution in [0.4, 0.5) is 0 Å². The summed E-state index contributed by atoms with van der Waals surface area (Å²) in [6, 6.07) is 9.42. The fraction of sp³-hybridized carbons (Fsp3) is 0.100. The van der Waals surface area contributed by atoms with Crippen molar-refractivity contribution in [1.82, 2.24) is 10.2 Å². The van der Waals surface area contributed by atoms with Crippen LogP contribution in [0.15, 0.2) is 40.0 Å². The second-order valence-corrected chi connectivity index (χ2v) is 3.92. The van der Waals surface area contributed by atoms with Gasteiger partial charge in [0.05, 0.1) is 5.75 Å². The zero-order chi connectivity index (χ0) is 11.4. The van der Waals surface area contributed by atoms with Gasteiger partial charge in [-0.3, -0.25) is 4.79 Å². The number of rotatable bonds is 4. The zero-order valence-corrected chi connectivity index (χ0v) is 9.11. The lowest BCUT2D eigenvalue weighted by molar-refractivity contribution is -0.115. The molecule has 6 heteroatoms. The number of nitrogens with zero attached hydrogens (tertiary/aromatic N) is 2. The van der Waals surface area contributed by atoms with Crippen molar-refractivity contribution in [3.8, 4) is 11.5 Å². The number of carbonyl (C=O) groups is 1. The van der Waals surface area contributed by atoms with Gasteiger partial charge in [0.1, 0.15) is 0 Å². The van der Waals surface area contributed by atoms with Gasteiger partial charge in [-0.1, -0.05) is 30.0 Å². The van der Waals surface area contributed by atoms with E-state index >= 15 is 0 Å². The van der Waals surface area contributed by atoms with Gasteiger partial charge < -0.3 is 10.2 Å². The molecule has 0 fully saturated rings. The van der Waals surface area contributed by atoms with E-state index in [1.54, 1.807) is 0 Å². The highest BCUT2D eigenvalue weighted by atomic mass is 32.2. The minimum atomic E-state index is -0.413. The maximum absolute atomic E-state index is 10.6. The number of aromatic nitrogens is 2. The zero-order valence-electron chi connectivity index (χ0n) is 8.29. The molecule has 82 valence electrons. The average molecular weight is 235 g/mol. The lowest BCUT2D eigenvalue weighted by Gasteiger charge is -1.92. The highest BCUT2D eigenvalue weighted by Crippen LogP contribution is 2.22. The van der Waals surface area contributed by atoms with Gasteiger partial charge in [-0.15, -0.1) is 10.2 Å². The van der Waals surface area contributed by atoms with Crippen molar-refractivity contribution < 1.29 is 9.21 Å². The highest BCUT2D eigenvalue weighted by Gasteiger charge is 2.09. The van der Waals surface area contributed by atoms with E-state index in [0.29, 0.717) is 11.1 Å². The summed E-state index contributed by atoms with van der Waals surface area (Å²) in [5.74, 6) is 0.160. The first-order chi connectivity index (χ1) is 7.75. The van der Waals surface area contributed by atoms with E-state index in [2.05, 4.69) is 10.2 Å². The third-order valence-corrected chi connectivity index (χ3v) is 2.61. The third kappa shape index (κ3) is 2.60. The molecule has 2 aromatic rings. The minimum absolute atomic E-state index is 0.135. The monoisotopic (exact) mass is 235 g/mol. The van der Waals surface area contributed by atoms with Crippen LogP contribution in [0, 0.1) is 0 Å². The fourth-order valence-electron chi connectivity index (χ4n) is 1.10. The van der Waals surface area contributed by atoms with Crippen molar-refractivity contribution in [3.05, 3.63) is 30.3 Å². The van der Waals surface area contributed by atoms with Crippen molar-refractivity contribution >= 4 is 17.7 Å². The Hall–Kier alpha value is -1.82. The van der Waals surface area contributed by atoms with Gasteiger partial charge in [0.2, 0.25) is 11.8 Å². The molecule has 2 N–H and O–H groups in total. The van der Waals surface area contributed by atoms with Gasteiger partial charge in [0.15, 0.2) is 0 Å². The Morgan fingerprint density at radius 1 is 1.31 bits per heavy atom. The summed E-state index contributed by atoms with van der Waals surface area (Å²) >= 11 is 1.13. The number of amides is 1. The van der Waals surface area contributed by atoms with Crippen LogP contribution in [0.2, 0.25) is 0 Å². The van der Waals surface area contributed by atoms with Crippen molar-refractivity contribution in [3.63, 3.8) is 0 Å². The molecule has 0 aliphatic carbocycles. The molecule has 1 amide bonds. The Morgan fingerprint density at radius 2 is 2.06 bits per heavy atom. The molecule has 0 bridgehead atoms. The summed E-state index contributed by atoms with van der Waals surface area (Å²) in [5, 5.41) is 8.02. The number of nitrogens with two attached hydrogens (primary N) is 1. The molecular formula is C10H9N3O2S. The first-order valence-electron chi connectivity index (χ1n) is 4.56. The maximum atomic E-state index is 10.6. The van der Waals surface area contributed by atoms with Crippen molar-refractivity contribution in [2.24, 2.45) is 5.73 Å². The summed E-state index contributed by atoms with van der Waals surface area (Å²) in [5.41, 5.74) is 5.86. The Bertz CT molecular complexity index is 484. The normalized spacial score (nSPS) is 10.2. The second kappa shape index (κ2) is 4.80. The third-order valence-electron chi connectivity index (χ3n) is 1.77. The van der Waals surface area contributed by atoms with E-state index in [4.69, 9.17) is 10.2 Å². The predicted octanol–water partition coefficient (Wildman–Crippen LogP) is 1.31. The largest absolute Gasteiger partial charge is 0.411 e. The molecule has 1 aromatic heterocycles. The molecule has 5 nitrogen and oxygen atoms in total. The molecule has 1 heterocycles. The van der Waals surface area contributed by atoms with Crippen LogP contribution in [0.1, 0.15) is 0 Å². The van der Waals surface area contributed by atoms with Crippen LogP contribution in [0.25, 0.3) is 11.5 Å². The first kappa shape index (κ1) is 10.7. The van der Waals surface area contributed by atoms with Gasteiger partial charge in [-0.25, -0.2) is 0 Å². The Kier molecular flexibility index (Phi) is 3.21. The van der Waals surface area contributed by atoms with Crippen molar-refractivity contribution in [1.29, 1.82) is 0 Å². The van der Waals surface area contributed by atoms with E-state index in [9.17, 15) is 4.79 Å². The van der Waals surface area contributed by atoms with Crippen LogP contribution >= 0.6 is 11.8 Å². The quantitative estimate of drug-likeness (QED) is 0.808. The average Bonchev–Trinajstić information content (AvgIpc) is 2.76. The number of primary amides is 1. The van der Waals surface area contributed by atoms with Crippen molar-refractivity contribution in [2.75, 3.05) is 5.75 Å². The van der Waals surface area contributed by atoms with Gasteiger partial charge >= 0.3 is 0 Å². The molecule has 0 aliphatic rings. The van der Waals surface area contributed by atoms with E-state index in [1.165, 1.54) is 0 Å². The van der Waals surface area contributed by atoms with E-state index in [-0.39, 0.29) is 5.75 Å². The summed E-state index contributed by atoms with van der Waals surface area (Å²) in [6.07, 6.45) is 0. The summed E-state index contributed by atoms with van der Waals surface area (Å²) in [6.45, 7) is 0. The second-order valence-electron chi connectivity index (χ2n) is 2.99. The molecule has 0 saturated carbocycles. The molecule has 1 aromatic carbocycles. The van der Waals surface area contributed by atoms with Gasteiger partial charge in [0, 0.05) is 5.56 Å². The minimum Gasteiger partial charge on any atom is -0.411 e. The van der Waals surface area contributed by atoms with E-state index in [0.717, 1.165) is 17.3 Å². The first-order valence-corrected chi connectivity index (χ1v) is 5.54. The van der Waals surface area contributed by atoms with Gasteiger partial charge in [-0.05, 0) is 12.1 Å². The molecule has 16 heavy (non-hydrogen) atoms. The Labute approximate surface area is 96.0 Å². The number of benzene rings is 1. The lowest BCUT2D eigenvalue weighted by Crippen LogP contribution is -2.12. The van der Waals surface area contributed by atoms with Crippen LogP contribution in [-0.2, 0) is 4.79 Å². The number of hydrogen-bond donors (Lipinski definition) is 1.